The summed E-state index contributed by atoms with van der Waals surface area (Å²) in [7, 11) is 0. The zero-order valence-electron chi connectivity index (χ0n) is 7.97. The van der Waals surface area contributed by atoms with Crippen molar-refractivity contribution in [1.29, 1.82) is 0 Å². The molecule has 4 rings (SSSR count). The van der Waals surface area contributed by atoms with E-state index in [2.05, 4.69) is 12.2 Å². The van der Waals surface area contributed by atoms with E-state index >= 15 is 0 Å². The second kappa shape index (κ2) is 2.25. The van der Waals surface area contributed by atoms with E-state index in [0.717, 1.165) is 23.2 Å². The molecule has 0 radical (unpaired) electrons. The Bertz CT molecular complexity index is 192. The Kier molecular flexibility index (Phi) is 1.39. The monoisotopic (exact) mass is 165 g/mol. The minimum atomic E-state index is 0.745. The molecule has 1 nitrogen and oxygen atoms in total. The molecule has 3 aliphatic carbocycles. The quantitative estimate of drug-likeness (QED) is 0.579. The highest BCUT2D eigenvalue weighted by Gasteiger charge is 2.54. The summed E-state index contributed by atoms with van der Waals surface area (Å²) >= 11 is 0. The van der Waals surface area contributed by atoms with E-state index in [4.69, 9.17) is 0 Å². The first-order chi connectivity index (χ1) is 5.81. The largest absolute Gasteiger partial charge is 0.316 e. The first kappa shape index (κ1) is 7.37. The summed E-state index contributed by atoms with van der Waals surface area (Å²) in [6.45, 7) is 5.06. The second-order valence-corrected chi connectivity index (χ2v) is 5.34. The third-order valence-corrected chi connectivity index (χ3v) is 4.95. The fourth-order valence-electron chi connectivity index (χ4n) is 3.90. The normalized spacial score (nSPS) is 57.2. The van der Waals surface area contributed by atoms with Crippen molar-refractivity contribution in [3.63, 3.8) is 0 Å². The van der Waals surface area contributed by atoms with E-state index < -0.39 is 0 Å². The lowest BCUT2D eigenvalue weighted by Gasteiger charge is -2.55. The standard InChI is InChI=1S/C11H19N/c1-8-6-12-7-11(8)3-2-9-4-10(11)5-9/h8-10,12H,2-7H2,1H3. The fraction of sp³-hybridized carbons (Fsp3) is 1.00. The van der Waals surface area contributed by atoms with E-state index in [1.165, 1.54) is 25.9 Å². The Morgan fingerprint density at radius 1 is 1.33 bits per heavy atom. The van der Waals surface area contributed by atoms with Gasteiger partial charge in [-0.2, -0.15) is 0 Å². The molecule has 1 saturated heterocycles. The molecule has 0 aromatic heterocycles. The second-order valence-electron chi connectivity index (χ2n) is 5.34. The van der Waals surface area contributed by atoms with Crippen molar-refractivity contribution in [3.8, 4) is 0 Å². The topological polar surface area (TPSA) is 12.0 Å². The summed E-state index contributed by atoms with van der Waals surface area (Å²) in [4.78, 5) is 0. The average Bonchev–Trinajstić information content (AvgIpc) is 2.32. The Morgan fingerprint density at radius 2 is 2.17 bits per heavy atom. The summed E-state index contributed by atoms with van der Waals surface area (Å²) in [6, 6.07) is 0. The maximum absolute atomic E-state index is 3.59. The van der Waals surface area contributed by atoms with Gasteiger partial charge in [0.05, 0.1) is 0 Å². The molecule has 4 fully saturated rings. The van der Waals surface area contributed by atoms with Crippen LogP contribution >= 0.6 is 0 Å². The molecule has 1 heteroatoms. The molecule has 3 saturated carbocycles. The van der Waals surface area contributed by atoms with Gasteiger partial charge < -0.3 is 5.32 Å². The van der Waals surface area contributed by atoms with Crippen molar-refractivity contribution in [1.82, 2.24) is 5.32 Å². The lowest BCUT2D eigenvalue weighted by atomic mass is 9.50. The van der Waals surface area contributed by atoms with Crippen molar-refractivity contribution < 1.29 is 0 Å². The van der Waals surface area contributed by atoms with Crippen LogP contribution in [0.5, 0.6) is 0 Å². The lowest BCUT2D eigenvalue weighted by Crippen LogP contribution is -2.49. The minimum Gasteiger partial charge on any atom is -0.316 e. The molecule has 1 spiro atoms. The zero-order chi connectivity index (χ0) is 8.18. The van der Waals surface area contributed by atoms with Gasteiger partial charge in [0.15, 0.2) is 0 Å². The molecule has 2 unspecified atom stereocenters. The Morgan fingerprint density at radius 3 is 2.67 bits per heavy atom. The van der Waals surface area contributed by atoms with Crippen LogP contribution in [0.3, 0.4) is 0 Å². The van der Waals surface area contributed by atoms with Gasteiger partial charge in [0, 0.05) is 6.54 Å². The Balaban J connectivity index is 1.87. The zero-order valence-corrected chi connectivity index (χ0v) is 7.97. The molecule has 1 N–H and O–H groups in total. The molecule has 1 aliphatic heterocycles. The third-order valence-electron chi connectivity index (χ3n) is 4.95. The Hall–Kier alpha value is -0.0400. The van der Waals surface area contributed by atoms with Gasteiger partial charge in [-0.3, -0.25) is 0 Å². The number of hydrogen-bond donors (Lipinski definition) is 1. The van der Waals surface area contributed by atoms with Crippen molar-refractivity contribution in [2.24, 2.45) is 23.2 Å². The van der Waals surface area contributed by atoms with Crippen LogP contribution in [0.1, 0.15) is 32.6 Å². The maximum atomic E-state index is 3.59. The van der Waals surface area contributed by atoms with Gasteiger partial charge in [-0.1, -0.05) is 6.92 Å². The predicted octanol–water partition coefficient (Wildman–Crippen LogP) is 2.03. The van der Waals surface area contributed by atoms with Crippen LogP contribution < -0.4 is 5.32 Å². The first-order valence-corrected chi connectivity index (χ1v) is 5.52. The van der Waals surface area contributed by atoms with E-state index in [0.29, 0.717) is 0 Å². The average molecular weight is 165 g/mol. The molecule has 4 aliphatic rings. The van der Waals surface area contributed by atoms with Crippen LogP contribution in [0, 0.1) is 23.2 Å². The highest BCUT2D eigenvalue weighted by atomic mass is 14.9. The van der Waals surface area contributed by atoms with Gasteiger partial charge in [0.2, 0.25) is 0 Å². The molecule has 1 heterocycles. The van der Waals surface area contributed by atoms with Crippen molar-refractivity contribution in [2.45, 2.75) is 32.6 Å². The number of fused-ring (bicyclic) bond motifs is 1. The molecule has 12 heavy (non-hydrogen) atoms. The molecule has 2 bridgehead atoms. The molecule has 0 aromatic rings. The van der Waals surface area contributed by atoms with Crippen molar-refractivity contribution in [3.05, 3.63) is 0 Å². The van der Waals surface area contributed by atoms with Crippen LogP contribution in [-0.2, 0) is 0 Å². The molecule has 0 aromatic carbocycles. The third kappa shape index (κ3) is 0.736. The van der Waals surface area contributed by atoms with Crippen LogP contribution in [-0.4, -0.2) is 13.1 Å². The van der Waals surface area contributed by atoms with Crippen LogP contribution in [0.2, 0.25) is 0 Å². The SMILES string of the molecule is CC1CNCC12CCC1CC2C1. The van der Waals surface area contributed by atoms with Gasteiger partial charge in [-0.25, -0.2) is 0 Å². The summed E-state index contributed by atoms with van der Waals surface area (Å²) in [5.74, 6) is 3.18. The van der Waals surface area contributed by atoms with Gasteiger partial charge in [0.25, 0.3) is 0 Å². The highest BCUT2D eigenvalue weighted by molar-refractivity contribution is 5.06. The van der Waals surface area contributed by atoms with Gasteiger partial charge in [-0.15, -0.1) is 0 Å². The summed E-state index contributed by atoms with van der Waals surface area (Å²) in [5, 5.41) is 3.59. The van der Waals surface area contributed by atoms with Gasteiger partial charge in [-0.05, 0) is 55.4 Å². The van der Waals surface area contributed by atoms with Crippen LogP contribution in [0.25, 0.3) is 0 Å². The van der Waals surface area contributed by atoms with Crippen LogP contribution in [0.4, 0.5) is 0 Å². The van der Waals surface area contributed by atoms with E-state index in [1.807, 2.05) is 0 Å². The summed E-state index contributed by atoms with van der Waals surface area (Å²) in [6.07, 6.45) is 6.18. The fourth-order valence-corrected chi connectivity index (χ4v) is 3.90. The van der Waals surface area contributed by atoms with Crippen LogP contribution in [0.15, 0.2) is 0 Å². The first-order valence-electron chi connectivity index (χ1n) is 5.52. The van der Waals surface area contributed by atoms with Gasteiger partial charge >= 0.3 is 0 Å². The number of nitrogens with one attached hydrogen (secondary N) is 1. The lowest BCUT2D eigenvalue weighted by molar-refractivity contribution is -0.0458. The number of hydrogen-bond acceptors (Lipinski definition) is 1. The molecular formula is C11H19N. The summed E-state index contributed by atoms with van der Waals surface area (Å²) in [5.41, 5.74) is 0.745. The smallest absolute Gasteiger partial charge is 0.00136 e. The van der Waals surface area contributed by atoms with E-state index in [-0.39, 0.29) is 0 Å². The maximum Gasteiger partial charge on any atom is 0.00136 e. The van der Waals surface area contributed by atoms with Gasteiger partial charge in [0.1, 0.15) is 0 Å². The summed E-state index contributed by atoms with van der Waals surface area (Å²) < 4.78 is 0. The molecular weight excluding hydrogens is 146 g/mol. The van der Waals surface area contributed by atoms with E-state index in [1.54, 1.807) is 12.8 Å². The van der Waals surface area contributed by atoms with Crippen molar-refractivity contribution in [2.75, 3.05) is 13.1 Å². The predicted molar refractivity (Wildman–Crippen MR) is 49.9 cm³/mol. The molecule has 0 amide bonds. The molecule has 2 atom stereocenters. The molecule has 68 valence electrons. The minimum absolute atomic E-state index is 0.745. The highest BCUT2D eigenvalue weighted by Crippen LogP contribution is 2.59. The van der Waals surface area contributed by atoms with Crippen molar-refractivity contribution >= 4 is 0 Å². The Labute approximate surface area is 74.9 Å². The van der Waals surface area contributed by atoms with E-state index in [9.17, 15) is 0 Å². The number of rotatable bonds is 0.